The van der Waals surface area contributed by atoms with E-state index in [1.54, 1.807) is 19.2 Å². The monoisotopic (exact) mass is 434 g/mol. The van der Waals surface area contributed by atoms with E-state index < -0.39 is 11.4 Å². The van der Waals surface area contributed by atoms with E-state index in [2.05, 4.69) is 16.9 Å². The highest BCUT2D eigenvalue weighted by Gasteiger charge is 2.29. The highest BCUT2D eigenvalue weighted by molar-refractivity contribution is 7.89. The predicted molar refractivity (Wildman–Crippen MR) is 120 cm³/mol. The van der Waals surface area contributed by atoms with Crippen molar-refractivity contribution in [2.75, 3.05) is 31.1 Å². The molecule has 3 rings (SSSR count). The summed E-state index contributed by atoms with van der Waals surface area (Å²) in [5.41, 5.74) is 2.55. The Morgan fingerprint density at radius 3 is 2.50 bits per heavy atom. The Morgan fingerprint density at radius 2 is 1.90 bits per heavy atom. The number of aryl methyl sites for hydroxylation is 1. The first-order valence-electron chi connectivity index (χ1n) is 10.6. The number of hydrogen-bond donors (Lipinski definition) is 0. The number of rotatable bonds is 7. The first kappa shape index (κ1) is 22.8. The molecule has 1 atom stereocenters. The third-order valence-corrected chi connectivity index (χ3v) is 7.02. The van der Waals surface area contributed by atoms with Crippen molar-refractivity contribution in [3.8, 4) is 5.69 Å². The summed E-state index contributed by atoms with van der Waals surface area (Å²) in [6.45, 7) is 10.6. The lowest BCUT2D eigenvalue weighted by Gasteiger charge is -2.37. The maximum Gasteiger partial charge on any atom is 0.276 e. The molecule has 1 aliphatic heterocycles. The van der Waals surface area contributed by atoms with Crippen LogP contribution in [0.3, 0.4) is 0 Å². The third-order valence-electron chi connectivity index (χ3n) is 5.34. The Morgan fingerprint density at radius 1 is 1.20 bits per heavy atom. The van der Waals surface area contributed by atoms with Crippen LogP contribution in [0.2, 0.25) is 0 Å². The molecule has 0 saturated carbocycles. The summed E-state index contributed by atoms with van der Waals surface area (Å²) in [6.07, 6.45) is 4.24. The van der Waals surface area contributed by atoms with Gasteiger partial charge in [0.05, 0.1) is 30.7 Å². The summed E-state index contributed by atoms with van der Waals surface area (Å²) in [5.74, 6) is -0.382. The zero-order chi connectivity index (χ0) is 21.8. The molecule has 0 amide bonds. The van der Waals surface area contributed by atoms with Crippen LogP contribution in [0, 0.1) is 12.7 Å². The van der Waals surface area contributed by atoms with E-state index in [9.17, 15) is 13.7 Å². The van der Waals surface area contributed by atoms with Crippen molar-refractivity contribution in [3.05, 3.63) is 51.7 Å². The number of hydrogen-bond acceptors (Lipinski definition) is 5. The smallest absolute Gasteiger partial charge is 0.276 e. The summed E-state index contributed by atoms with van der Waals surface area (Å²) in [4.78, 5) is 15.5. The van der Waals surface area contributed by atoms with Gasteiger partial charge in [0.25, 0.3) is 5.56 Å². The molecule has 0 spiro atoms. The van der Waals surface area contributed by atoms with Crippen LogP contribution in [-0.4, -0.2) is 50.1 Å². The van der Waals surface area contributed by atoms with Crippen molar-refractivity contribution < 1.29 is 8.94 Å². The number of halogens is 1. The summed E-state index contributed by atoms with van der Waals surface area (Å²) in [6, 6.07) is 4.53. The molecule has 2 heterocycles. The minimum Gasteiger partial charge on any atom is -0.598 e. The van der Waals surface area contributed by atoms with E-state index in [4.69, 9.17) is 0 Å². The number of unbranched alkanes of at least 4 members (excludes halogenated alkanes) is 1. The molecule has 1 aromatic carbocycles. The van der Waals surface area contributed by atoms with Crippen molar-refractivity contribution in [1.29, 1.82) is 0 Å². The standard InChI is InChI=1S/C22H31FN4O2S/c1-5-6-7-20-21(25-8-10-26(11-9-25)30(29)16(2)3)15-24-27(22(20)28)19-13-17(4)12-18(23)14-19/h12-16H,5-11H2,1-4H3. The van der Waals surface area contributed by atoms with Crippen LogP contribution in [0.4, 0.5) is 10.1 Å². The van der Waals surface area contributed by atoms with Crippen LogP contribution in [0.5, 0.6) is 0 Å². The lowest BCUT2D eigenvalue weighted by molar-refractivity contribution is 0.380. The summed E-state index contributed by atoms with van der Waals surface area (Å²) >= 11 is -0.988. The molecule has 0 aliphatic carbocycles. The molecule has 0 N–H and O–H groups in total. The van der Waals surface area contributed by atoms with Crippen molar-refractivity contribution in [2.45, 2.75) is 52.2 Å². The van der Waals surface area contributed by atoms with Gasteiger partial charge in [-0.25, -0.2) is 4.39 Å². The average molecular weight is 435 g/mol. The fourth-order valence-electron chi connectivity index (χ4n) is 3.77. The lowest BCUT2D eigenvalue weighted by atomic mass is 10.1. The van der Waals surface area contributed by atoms with Gasteiger partial charge < -0.3 is 9.45 Å². The maximum absolute atomic E-state index is 13.9. The summed E-state index contributed by atoms with van der Waals surface area (Å²) in [5, 5.41) is 4.47. The topological polar surface area (TPSA) is 64.4 Å². The first-order valence-corrected chi connectivity index (χ1v) is 11.8. The van der Waals surface area contributed by atoms with Crippen LogP contribution in [0.25, 0.3) is 5.69 Å². The third kappa shape index (κ3) is 5.04. The van der Waals surface area contributed by atoms with Gasteiger partial charge in [0.2, 0.25) is 0 Å². The van der Waals surface area contributed by atoms with Gasteiger partial charge in [-0.2, -0.15) is 9.78 Å². The van der Waals surface area contributed by atoms with Crippen LogP contribution < -0.4 is 10.5 Å². The van der Waals surface area contributed by atoms with Crippen LogP contribution in [0.1, 0.15) is 44.7 Å². The van der Waals surface area contributed by atoms with E-state index in [1.165, 1.54) is 16.8 Å². The second kappa shape index (κ2) is 9.94. The van der Waals surface area contributed by atoms with Crippen LogP contribution >= 0.6 is 0 Å². The molecule has 1 aromatic heterocycles. The number of nitrogens with zero attached hydrogens (tertiary/aromatic N) is 4. The molecule has 8 heteroatoms. The van der Waals surface area contributed by atoms with Crippen LogP contribution in [-0.2, 0) is 17.8 Å². The van der Waals surface area contributed by atoms with Gasteiger partial charge in [0, 0.05) is 30.0 Å². The zero-order valence-electron chi connectivity index (χ0n) is 18.2. The molecule has 30 heavy (non-hydrogen) atoms. The zero-order valence-corrected chi connectivity index (χ0v) is 19.0. The van der Waals surface area contributed by atoms with Crippen molar-refractivity contribution >= 4 is 17.0 Å². The van der Waals surface area contributed by atoms with E-state index >= 15 is 0 Å². The minimum atomic E-state index is -0.988. The highest BCUT2D eigenvalue weighted by Crippen LogP contribution is 2.23. The van der Waals surface area contributed by atoms with Crippen molar-refractivity contribution in [1.82, 2.24) is 14.1 Å². The Kier molecular flexibility index (Phi) is 7.55. The van der Waals surface area contributed by atoms with Crippen molar-refractivity contribution in [2.24, 2.45) is 0 Å². The van der Waals surface area contributed by atoms with E-state index in [1.807, 2.05) is 18.2 Å². The van der Waals surface area contributed by atoms with Gasteiger partial charge in [-0.05, 0) is 57.4 Å². The molecule has 1 fully saturated rings. The molecular weight excluding hydrogens is 403 g/mol. The Hall–Kier alpha value is -1.90. The van der Waals surface area contributed by atoms with Crippen molar-refractivity contribution in [3.63, 3.8) is 0 Å². The SMILES string of the molecule is CCCCc1c(N2CCN([S+]([O-])C(C)C)CC2)cnn(-c2cc(C)cc(F)c2)c1=O. The Balaban J connectivity index is 1.92. The lowest BCUT2D eigenvalue weighted by Crippen LogP contribution is -2.51. The number of piperazine rings is 1. The van der Waals surface area contributed by atoms with Gasteiger partial charge in [-0.1, -0.05) is 13.3 Å². The maximum atomic E-state index is 13.9. The molecule has 1 saturated heterocycles. The number of aromatic nitrogens is 2. The van der Waals surface area contributed by atoms with Gasteiger partial charge >= 0.3 is 0 Å². The molecule has 0 bridgehead atoms. The van der Waals surface area contributed by atoms with Gasteiger partial charge in [-0.15, -0.1) is 4.31 Å². The molecule has 0 radical (unpaired) electrons. The number of anilines is 1. The first-order chi connectivity index (χ1) is 14.3. The molecular formula is C22H31FN4O2S. The highest BCUT2D eigenvalue weighted by atomic mass is 32.2. The minimum absolute atomic E-state index is 0.0944. The molecule has 1 unspecified atom stereocenters. The largest absolute Gasteiger partial charge is 0.598 e. The average Bonchev–Trinajstić information content (AvgIpc) is 2.71. The fraction of sp³-hybridized carbons (Fsp3) is 0.545. The quantitative estimate of drug-likeness (QED) is 0.626. The molecule has 1 aliphatic rings. The Bertz CT molecular complexity index is 906. The van der Waals surface area contributed by atoms with E-state index in [0.717, 1.165) is 24.1 Å². The molecule has 6 nitrogen and oxygen atoms in total. The van der Waals surface area contributed by atoms with E-state index in [-0.39, 0.29) is 16.6 Å². The summed E-state index contributed by atoms with van der Waals surface area (Å²) in [7, 11) is 0. The molecule has 164 valence electrons. The predicted octanol–water partition coefficient (Wildman–Crippen LogP) is 3.22. The second-order valence-corrected chi connectivity index (χ2v) is 10.1. The molecule has 2 aromatic rings. The normalized spacial score (nSPS) is 16.3. The van der Waals surface area contributed by atoms with Crippen LogP contribution in [0.15, 0.2) is 29.2 Å². The van der Waals surface area contributed by atoms with Gasteiger partial charge in [0.1, 0.15) is 11.1 Å². The van der Waals surface area contributed by atoms with Gasteiger partial charge in [0.15, 0.2) is 0 Å². The Labute approximate surface area is 181 Å². The summed E-state index contributed by atoms with van der Waals surface area (Å²) < 4.78 is 29.6. The number of benzene rings is 1. The van der Waals surface area contributed by atoms with Gasteiger partial charge in [-0.3, -0.25) is 4.79 Å². The fourth-order valence-corrected chi connectivity index (χ4v) is 4.89. The second-order valence-electron chi connectivity index (χ2n) is 8.06. The van der Waals surface area contributed by atoms with E-state index in [0.29, 0.717) is 43.9 Å².